The van der Waals surface area contributed by atoms with Gasteiger partial charge >= 0.3 is 0 Å². The van der Waals surface area contributed by atoms with Gasteiger partial charge in [-0.2, -0.15) is 0 Å². The predicted molar refractivity (Wildman–Crippen MR) is 92.3 cm³/mol. The number of nitrogens with zero attached hydrogens (tertiary/aromatic N) is 1. The van der Waals surface area contributed by atoms with Gasteiger partial charge in [0.15, 0.2) is 0 Å². The molecule has 1 atom stereocenters. The van der Waals surface area contributed by atoms with E-state index in [1.807, 2.05) is 18.2 Å². The van der Waals surface area contributed by atoms with Crippen molar-refractivity contribution in [1.82, 2.24) is 9.62 Å². The van der Waals surface area contributed by atoms with Gasteiger partial charge in [0.1, 0.15) is 0 Å². The van der Waals surface area contributed by atoms with Gasteiger partial charge in [0, 0.05) is 25.6 Å². The Balaban J connectivity index is 2.26. The predicted octanol–water partition coefficient (Wildman–Crippen LogP) is 2.90. The summed E-state index contributed by atoms with van der Waals surface area (Å²) in [5.74, 6) is 0. The summed E-state index contributed by atoms with van der Waals surface area (Å²) in [6.07, 6.45) is 4.05. The lowest BCUT2D eigenvalue weighted by molar-refractivity contribution is 0.274. The van der Waals surface area contributed by atoms with Crippen molar-refractivity contribution in [2.75, 3.05) is 32.9 Å². The molecule has 0 saturated carbocycles. The third kappa shape index (κ3) is 4.15. The second-order valence-electron chi connectivity index (χ2n) is 6.02. The third-order valence-electron chi connectivity index (χ3n) is 4.48. The van der Waals surface area contributed by atoms with Crippen LogP contribution in [0.5, 0.6) is 0 Å². The van der Waals surface area contributed by atoms with E-state index in [1.165, 1.54) is 10.6 Å². The highest BCUT2D eigenvalue weighted by molar-refractivity contribution is 7.88. The number of piperidine rings is 1. The topological polar surface area (TPSA) is 49.4 Å². The molecule has 2 rings (SSSR count). The average molecular weight is 365 g/mol. The Kier molecular flexibility index (Phi) is 5.78. The van der Waals surface area contributed by atoms with Crippen LogP contribution in [0.15, 0.2) is 18.2 Å². The van der Waals surface area contributed by atoms with Gasteiger partial charge in [0.25, 0.3) is 0 Å². The third-order valence-corrected chi connectivity index (χ3v) is 6.53. The molecule has 124 valence electrons. The summed E-state index contributed by atoms with van der Waals surface area (Å²) < 4.78 is 24.6. The first-order valence-electron chi connectivity index (χ1n) is 7.32. The van der Waals surface area contributed by atoms with Crippen LogP contribution in [0.3, 0.4) is 0 Å². The van der Waals surface area contributed by atoms with Gasteiger partial charge < -0.3 is 5.32 Å². The van der Waals surface area contributed by atoms with E-state index < -0.39 is 10.0 Å². The fraction of sp³-hybridized carbons (Fsp3) is 0.600. The molecule has 1 fully saturated rings. The molecule has 22 heavy (non-hydrogen) atoms. The number of hydrogen-bond donors (Lipinski definition) is 1. The molecule has 1 aromatic rings. The summed E-state index contributed by atoms with van der Waals surface area (Å²) in [4.78, 5) is 0. The zero-order valence-electron chi connectivity index (χ0n) is 12.9. The molecule has 0 unspecified atom stereocenters. The maximum Gasteiger partial charge on any atom is 0.210 e. The zero-order valence-corrected chi connectivity index (χ0v) is 15.2. The fourth-order valence-corrected chi connectivity index (χ4v) is 3.66. The van der Waals surface area contributed by atoms with E-state index in [9.17, 15) is 8.42 Å². The fourth-order valence-electron chi connectivity index (χ4n) is 2.94. The van der Waals surface area contributed by atoms with Crippen molar-refractivity contribution >= 4 is 33.2 Å². The Morgan fingerprint density at radius 2 is 2.05 bits per heavy atom. The number of hydrogen-bond acceptors (Lipinski definition) is 3. The maximum absolute atomic E-state index is 11.6. The van der Waals surface area contributed by atoms with Gasteiger partial charge in [-0.1, -0.05) is 29.3 Å². The van der Waals surface area contributed by atoms with Crippen LogP contribution in [0, 0.1) is 0 Å². The van der Waals surface area contributed by atoms with E-state index in [-0.39, 0.29) is 5.41 Å². The summed E-state index contributed by atoms with van der Waals surface area (Å²) in [5, 5.41) is 4.51. The van der Waals surface area contributed by atoms with E-state index in [4.69, 9.17) is 23.2 Å². The molecule has 1 aliphatic heterocycles. The molecule has 7 heteroatoms. The normalized spacial score (nSPS) is 23.0. The van der Waals surface area contributed by atoms with Crippen LogP contribution in [0.2, 0.25) is 10.0 Å². The van der Waals surface area contributed by atoms with Gasteiger partial charge in [-0.3, -0.25) is 0 Å². The highest BCUT2D eigenvalue weighted by Gasteiger charge is 2.34. The van der Waals surface area contributed by atoms with Crippen molar-refractivity contribution in [2.24, 2.45) is 0 Å². The van der Waals surface area contributed by atoms with Crippen molar-refractivity contribution in [1.29, 1.82) is 0 Å². The van der Waals surface area contributed by atoms with Crippen LogP contribution in [-0.4, -0.2) is 45.7 Å². The van der Waals surface area contributed by atoms with Crippen LogP contribution in [-0.2, 0) is 15.4 Å². The highest BCUT2D eigenvalue weighted by atomic mass is 35.5. The van der Waals surface area contributed by atoms with E-state index in [0.717, 1.165) is 37.9 Å². The first-order valence-corrected chi connectivity index (χ1v) is 9.93. The molecule has 0 bridgehead atoms. The highest BCUT2D eigenvalue weighted by Crippen LogP contribution is 2.37. The van der Waals surface area contributed by atoms with Crippen LogP contribution >= 0.6 is 23.2 Å². The summed E-state index contributed by atoms with van der Waals surface area (Å²) in [5.41, 5.74) is 1.02. The Morgan fingerprint density at radius 3 is 2.59 bits per heavy atom. The molecule has 1 heterocycles. The van der Waals surface area contributed by atoms with Gasteiger partial charge in [-0.15, -0.1) is 0 Å². The lowest BCUT2D eigenvalue weighted by atomic mass is 9.72. The quantitative estimate of drug-likeness (QED) is 0.873. The Morgan fingerprint density at radius 1 is 1.32 bits per heavy atom. The second kappa shape index (κ2) is 7.05. The van der Waals surface area contributed by atoms with E-state index in [2.05, 4.69) is 5.32 Å². The van der Waals surface area contributed by atoms with Crippen molar-refractivity contribution in [2.45, 2.75) is 24.7 Å². The Hall–Kier alpha value is -0.330. The Bertz CT molecular complexity index is 628. The molecular weight excluding hydrogens is 343 g/mol. The molecule has 0 spiro atoms. The summed E-state index contributed by atoms with van der Waals surface area (Å²) in [7, 11) is -1.54. The van der Waals surface area contributed by atoms with Crippen molar-refractivity contribution in [3.05, 3.63) is 33.8 Å². The lowest BCUT2D eigenvalue weighted by Gasteiger charge is -2.39. The number of halogens is 2. The molecule has 1 saturated heterocycles. The maximum atomic E-state index is 11.6. The van der Waals surface area contributed by atoms with Crippen molar-refractivity contribution < 1.29 is 8.42 Å². The molecule has 4 nitrogen and oxygen atoms in total. The largest absolute Gasteiger partial charge is 0.316 e. The van der Waals surface area contributed by atoms with Crippen LogP contribution in [0.1, 0.15) is 24.8 Å². The van der Waals surface area contributed by atoms with Gasteiger partial charge in [-0.25, -0.2) is 12.7 Å². The number of nitrogens with one attached hydrogen (secondary N) is 1. The SMILES string of the molecule is CN(CC[C@]1(c2ccc(Cl)c(Cl)c2)CCCNC1)S(C)(=O)=O. The monoisotopic (exact) mass is 364 g/mol. The van der Waals surface area contributed by atoms with E-state index >= 15 is 0 Å². The smallest absolute Gasteiger partial charge is 0.210 e. The average Bonchev–Trinajstić information content (AvgIpc) is 2.47. The first-order chi connectivity index (χ1) is 10.2. The van der Waals surface area contributed by atoms with Crippen LogP contribution in [0.4, 0.5) is 0 Å². The minimum absolute atomic E-state index is 0.106. The van der Waals surface area contributed by atoms with E-state index in [1.54, 1.807) is 7.05 Å². The van der Waals surface area contributed by atoms with Gasteiger partial charge in [0.05, 0.1) is 16.3 Å². The molecular formula is C15H22Cl2N2O2S. The molecule has 1 aromatic carbocycles. The van der Waals surface area contributed by atoms with Crippen LogP contribution in [0.25, 0.3) is 0 Å². The molecule has 1 N–H and O–H groups in total. The van der Waals surface area contributed by atoms with Crippen LogP contribution < -0.4 is 5.32 Å². The number of sulfonamides is 1. The van der Waals surface area contributed by atoms with Crippen molar-refractivity contribution in [3.63, 3.8) is 0 Å². The first kappa shape index (κ1) is 18.0. The summed E-state index contributed by atoms with van der Waals surface area (Å²) in [6, 6.07) is 5.73. The molecule has 0 amide bonds. The second-order valence-corrected chi connectivity index (χ2v) is 8.93. The summed E-state index contributed by atoms with van der Waals surface area (Å²) in [6.45, 7) is 2.30. The zero-order chi connectivity index (χ0) is 16.4. The standard InChI is InChI=1S/C15H22Cl2N2O2S/c1-19(22(2,20)21)9-7-15(6-3-8-18-11-15)12-4-5-13(16)14(17)10-12/h4-5,10,18H,3,6-9,11H2,1-2H3/t15-/m1/s1. The lowest BCUT2D eigenvalue weighted by Crippen LogP contribution is -2.45. The minimum atomic E-state index is -3.16. The van der Waals surface area contributed by atoms with Gasteiger partial charge in [0.2, 0.25) is 10.0 Å². The summed E-state index contributed by atoms with van der Waals surface area (Å²) >= 11 is 12.2. The molecule has 0 aliphatic carbocycles. The molecule has 0 aromatic heterocycles. The number of rotatable bonds is 5. The number of benzene rings is 1. The van der Waals surface area contributed by atoms with E-state index in [0.29, 0.717) is 16.6 Å². The Labute approximate surface area is 142 Å². The molecule has 1 aliphatic rings. The minimum Gasteiger partial charge on any atom is -0.316 e. The van der Waals surface area contributed by atoms with Crippen molar-refractivity contribution in [3.8, 4) is 0 Å². The van der Waals surface area contributed by atoms with Gasteiger partial charge in [-0.05, 0) is 43.5 Å². The molecule has 0 radical (unpaired) electrons.